The molecule has 2 rings (SSSR count). The van der Waals surface area contributed by atoms with E-state index in [0.29, 0.717) is 0 Å². The standard InChI is InChI=1S/C12H14N4/c1-10-12(16-9-15-10)8-13-7-5-11-4-2-3-6-14-11/h2-4,6,8-9H,5,7H2,1H3,(H,15,16). The third kappa shape index (κ3) is 2.76. The van der Waals surface area contributed by atoms with Crippen LogP contribution in [0.25, 0.3) is 0 Å². The first-order valence-electron chi connectivity index (χ1n) is 5.26. The Bertz CT molecular complexity index is 459. The van der Waals surface area contributed by atoms with Crippen LogP contribution in [0.4, 0.5) is 0 Å². The van der Waals surface area contributed by atoms with E-state index in [1.165, 1.54) is 0 Å². The largest absolute Gasteiger partial charge is 0.348 e. The van der Waals surface area contributed by atoms with Gasteiger partial charge in [-0.3, -0.25) is 9.98 Å². The average molecular weight is 214 g/mol. The van der Waals surface area contributed by atoms with E-state index in [9.17, 15) is 0 Å². The van der Waals surface area contributed by atoms with Crippen molar-refractivity contribution in [2.45, 2.75) is 13.3 Å². The summed E-state index contributed by atoms with van der Waals surface area (Å²) in [6.07, 6.45) is 6.14. The van der Waals surface area contributed by atoms with Crippen LogP contribution in [-0.4, -0.2) is 27.7 Å². The minimum atomic E-state index is 0.739. The fraction of sp³-hybridized carbons (Fsp3) is 0.250. The molecular weight excluding hydrogens is 200 g/mol. The summed E-state index contributed by atoms with van der Waals surface area (Å²) in [5.41, 5.74) is 3.01. The van der Waals surface area contributed by atoms with Gasteiger partial charge in [0.1, 0.15) is 5.69 Å². The number of hydrogen-bond donors (Lipinski definition) is 1. The number of pyridine rings is 1. The molecule has 0 aliphatic rings. The van der Waals surface area contributed by atoms with E-state index in [2.05, 4.69) is 19.9 Å². The quantitative estimate of drug-likeness (QED) is 0.789. The second-order valence-electron chi connectivity index (χ2n) is 3.52. The average Bonchev–Trinajstić information content (AvgIpc) is 2.72. The van der Waals surface area contributed by atoms with Crippen LogP contribution in [0.2, 0.25) is 0 Å². The van der Waals surface area contributed by atoms with Crippen LogP contribution < -0.4 is 0 Å². The molecule has 1 N–H and O–H groups in total. The topological polar surface area (TPSA) is 53.9 Å². The van der Waals surface area contributed by atoms with Crippen molar-refractivity contribution >= 4 is 6.21 Å². The number of imidazole rings is 1. The lowest BCUT2D eigenvalue weighted by atomic mass is 10.3. The van der Waals surface area contributed by atoms with Crippen molar-refractivity contribution in [3.05, 3.63) is 47.8 Å². The van der Waals surface area contributed by atoms with Crippen molar-refractivity contribution in [3.8, 4) is 0 Å². The van der Waals surface area contributed by atoms with Gasteiger partial charge in [0.05, 0.1) is 6.33 Å². The molecule has 82 valence electrons. The highest BCUT2D eigenvalue weighted by Crippen LogP contribution is 1.97. The summed E-state index contributed by atoms with van der Waals surface area (Å²) in [6.45, 7) is 2.72. The summed E-state index contributed by atoms with van der Waals surface area (Å²) in [7, 11) is 0. The zero-order valence-corrected chi connectivity index (χ0v) is 9.22. The molecular formula is C12H14N4. The number of hydrogen-bond acceptors (Lipinski definition) is 3. The molecule has 0 spiro atoms. The molecule has 0 bridgehead atoms. The van der Waals surface area contributed by atoms with Crippen molar-refractivity contribution < 1.29 is 0 Å². The molecule has 2 heterocycles. The Morgan fingerprint density at radius 3 is 3.00 bits per heavy atom. The number of aromatic nitrogens is 3. The fourth-order valence-electron chi connectivity index (χ4n) is 1.38. The van der Waals surface area contributed by atoms with E-state index in [-0.39, 0.29) is 0 Å². The number of nitrogens with zero attached hydrogens (tertiary/aromatic N) is 3. The van der Waals surface area contributed by atoms with E-state index < -0.39 is 0 Å². The number of nitrogens with one attached hydrogen (secondary N) is 1. The normalized spacial score (nSPS) is 11.1. The molecule has 4 nitrogen and oxygen atoms in total. The van der Waals surface area contributed by atoms with E-state index in [0.717, 1.165) is 30.0 Å². The van der Waals surface area contributed by atoms with Gasteiger partial charge in [0, 0.05) is 36.8 Å². The van der Waals surface area contributed by atoms with E-state index in [1.807, 2.05) is 25.1 Å². The molecule has 16 heavy (non-hydrogen) atoms. The maximum atomic E-state index is 4.32. The smallest absolute Gasteiger partial charge is 0.101 e. The molecule has 0 aromatic carbocycles. The van der Waals surface area contributed by atoms with Crippen molar-refractivity contribution in [2.75, 3.05) is 6.54 Å². The van der Waals surface area contributed by atoms with Gasteiger partial charge in [-0.2, -0.15) is 0 Å². The van der Waals surface area contributed by atoms with Crippen molar-refractivity contribution in [2.24, 2.45) is 4.99 Å². The van der Waals surface area contributed by atoms with Gasteiger partial charge in [0.15, 0.2) is 0 Å². The van der Waals surface area contributed by atoms with Crippen molar-refractivity contribution in [1.29, 1.82) is 0 Å². The zero-order chi connectivity index (χ0) is 11.2. The summed E-state index contributed by atoms with van der Waals surface area (Å²) in [6, 6.07) is 5.92. The van der Waals surface area contributed by atoms with Gasteiger partial charge < -0.3 is 4.98 Å². The van der Waals surface area contributed by atoms with E-state index >= 15 is 0 Å². The second kappa shape index (κ2) is 5.21. The Morgan fingerprint density at radius 1 is 1.38 bits per heavy atom. The van der Waals surface area contributed by atoms with E-state index in [1.54, 1.807) is 18.7 Å². The Labute approximate surface area is 94.5 Å². The lowest BCUT2D eigenvalue weighted by Gasteiger charge is -1.95. The van der Waals surface area contributed by atoms with Crippen LogP contribution >= 0.6 is 0 Å². The Balaban J connectivity index is 1.85. The highest BCUT2D eigenvalue weighted by molar-refractivity contribution is 5.78. The lowest BCUT2D eigenvalue weighted by Crippen LogP contribution is -1.94. The SMILES string of the molecule is Cc1[nH]cnc1C=NCCc1ccccn1. The van der Waals surface area contributed by atoms with Crippen LogP contribution in [0.15, 0.2) is 35.7 Å². The minimum absolute atomic E-state index is 0.739. The summed E-state index contributed by atoms with van der Waals surface area (Å²) in [5.74, 6) is 0. The van der Waals surface area contributed by atoms with Crippen LogP contribution in [0.5, 0.6) is 0 Å². The van der Waals surface area contributed by atoms with Gasteiger partial charge in [0.25, 0.3) is 0 Å². The van der Waals surface area contributed by atoms with Gasteiger partial charge in [-0.25, -0.2) is 4.98 Å². The number of rotatable bonds is 4. The lowest BCUT2D eigenvalue weighted by molar-refractivity contribution is 0.926. The second-order valence-corrected chi connectivity index (χ2v) is 3.52. The molecule has 2 aromatic heterocycles. The molecule has 0 radical (unpaired) electrons. The first-order valence-corrected chi connectivity index (χ1v) is 5.26. The number of aromatic amines is 1. The first kappa shape index (κ1) is 10.5. The van der Waals surface area contributed by atoms with E-state index in [4.69, 9.17) is 0 Å². The van der Waals surface area contributed by atoms with Gasteiger partial charge in [-0.05, 0) is 19.1 Å². The van der Waals surface area contributed by atoms with Gasteiger partial charge >= 0.3 is 0 Å². The van der Waals surface area contributed by atoms with Crippen LogP contribution in [0.3, 0.4) is 0 Å². The van der Waals surface area contributed by atoms with Crippen LogP contribution in [-0.2, 0) is 6.42 Å². The van der Waals surface area contributed by atoms with Crippen LogP contribution in [0.1, 0.15) is 17.1 Å². The van der Waals surface area contributed by atoms with Gasteiger partial charge in [0.2, 0.25) is 0 Å². The first-order chi connectivity index (χ1) is 7.86. The molecule has 0 unspecified atom stereocenters. The third-order valence-corrected chi connectivity index (χ3v) is 2.31. The third-order valence-electron chi connectivity index (χ3n) is 2.31. The predicted octanol–water partition coefficient (Wildman–Crippen LogP) is 1.77. The van der Waals surface area contributed by atoms with Crippen molar-refractivity contribution in [3.63, 3.8) is 0 Å². The molecule has 0 saturated heterocycles. The molecule has 2 aromatic rings. The molecule has 4 heteroatoms. The van der Waals surface area contributed by atoms with Gasteiger partial charge in [-0.15, -0.1) is 0 Å². The zero-order valence-electron chi connectivity index (χ0n) is 9.22. The molecule has 0 atom stereocenters. The summed E-state index contributed by atoms with van der Waals surface area (Å²) < 4.78 is 0. The summed E-state index contributed by atoms with van der Waals surface area (Å²) in [5, 5.41) is 0. The molecule has 0 aliphatic carbocycles. The van der Waals surface area contributed by atoms with Crippen molar-refractivity contribution in [1.82, 2.24) is 15.0 Å². The molecule has 0 aliphatic heterocycles. The highest BCUT2D eigenvalue weighted by atomic mass is 14.9. The summed E-state index contributed by atoms with van der Waals surface area (Å²) in [4.78, 5) is 15.7. The Morgan fingerprint density at radius 2 is 2.31 bits per heavy atom. The molecule has 0 fully saturated rings. The fourth-order valence-corrected chi connectivity index (χ4v) is 1.38. The predicted molar refractivity (Wildman–Crippen MR) is 63.7 cm³/mol. The monoisotopic (exact) mass is 214 g/mol. The Hall–Kier alpha value is -1.97. The minimum Gasteiger partial charge on any atom is -0.348 e. The number of H-pyrrole nitrogens is 1. The maximum Gasteiger partial charge on any atom is 0.101 e. The number of aryl methyl sites for hydroxylation is 1. The summed E-state index contributed by atoms with van der Waals surface area (Å²) >= 11 is 0. The number of aliphatic imine (C=N–C) groups is 1. The van der Waals surface area contributed by atoms with Gasteiger partial charge in [-0.1, -0.05) is 6.07 Å². The molecule has 0 saturated carbocycles. The highest BCUT2D eigenvalue weighted by Gasteiger charge is 1.95. The van der Waals surface area contributed by atoms with Crippen LogP contribution in [0, 0.1) is 6.92 Å². The maximum absolute atomic E-state index is 4.32. The Kier molecular flexibility index (Phi) is 3.43. The molecule has 0 amide bonds.